The van der Waals surface area contributed by atoms with Crippen molar-refractivity contribution in [3.8, 4) is 0 Å². The first-order chi connectivity index (χ1) is 15.9. The van der Waals surface area contributed by atoms with Crippen LogP contribution in [-0.2, 0) is 10.5 Å². The van der Waals surface area contributed by atoms with Crippen LogP contribution in [0.3, 0.4) is 0 Å². The quantitative estimate of drug-likeness (QED) is 0.372. The molecule has 0 saturated carbocycles. The molecule has 1 N–H and O–H groups in total. The van der Waals surface area contributed by atoms with E-state index >= 15 is 0 Å². The van der Waals surface area contributed by atoms with Gasteiger partial charge in [0.25, 0.3) is 11.1 Å². The molecule has 4 rings (SSSR count). The molecule has 0 aliphatic heterocycles. The molecule has 1 aromatic heterocycles. The summed E-state index contributed by atoms with van der Waals surface area (Å²) >= 11 is 1.43. The highest BCUT2D eigenvalue weighted by Crippen LogP contribution is 2.27. The second-order valence-electron chi connectivity index (χ2n) is 7.85. The van der Waals surface area contributed by atoms with Crippen LogP contribution in [0.4, 0.5) is 5.69 Å². The van der Waals surface area contributed by atoms with Crippen LogP contribution < -0.4 is 5.32 Å². The number of hydrogen-bond donors (Lipinski definition) is 1. The lowest BCUT2D eigenvalue weighted by molar-refractivity contribution is -0.116. The molecule has 0 aliphatic carbocycles. The van der Waals surface area contributed by atoms with E-state index in [9.17, 15) is 9.59 Å². The lowest BCUT2D eigenvalue weighted by Crippen LogP contribution is -2.35. The van der Waals surface area contributed by atoms with E-state index in [2.05, 4.69) is 10.3 Å². The van der Waals surface area contributed by atoms with Crippen LogP contribution in [-0.4, -0.2) is 35.3 Å². The van der Waals surface area contributed by atoms with Gasteiger partial charge in [-0.25, -0.2) is 4.98 Å². The minimum Gasteiger partial charge on any atom is -0.431 e. The third-order valence-corrected chi connectivity index (χ3v) is 6.36. The van der Waals surface area contributed by atoms with Gasteiger partial charge in [-0.05, 0) is 54.8 Å². The Morgan fingerprint density at radius 1 is 1.00 bits per heavy atom. The third kappa shape index (κ3) is 5.26. The maximum absolute atomic E-state index is 13.1. The van der Waals surface area contributed by atoms with Gasteiger partial charge in [0.1, 0.15) is 5.52 Å². The van der Waals surface area contributed by atoms with Crippen molar-refractivity contribution in [1.29, 1.82) is 0 Å². The van der Waals surface area contributed by atoms with Gasteiger partial charge >= 0.3 is 0 Å². The molecule has 0 atom stereocenters. The van der Waals surface area contributed by atoms with Crippen LogP contribution in [0.25, 0.3) is 11.1 Å². The highest BCUT2D eigenvalue weighted by molar-refractivity contribution is 7.98. The van der Waals surface area contributed by atoms with Crippen LogP contribution >= 0.6 is 11.8 Å². The molecule has 0 saturated heterocycles. The minimum atomic E-state index is -0.238. The van der Waals surface area contributed by atoms with Gasteiger partial charge in [0.15, 0.2) is 5.58 Å². The smallest absolute Gasteiger partial charge is 0.257 e. The van der Waals surface area contributed by atoms with E-state index in [-0.39, 0.29) is 18.4 Å². The predicted molar refractivity (Wildman–Crippen MR) is 132 cm³/mol. The summed E-state index contributed by atoms with van der Waals surface area (Å²) in [7, 11) is 1.63. The number of thioether (sulfide) groups is 1. The van der Waals surface area contributed by atoms with E-state index in [1.807, 2.05) is 74.5 Å². The van der Waals surface area contributed by atoms with Crippen molar-refractivity contribution in [2.45, 2.75) is 24.8 Å². The molecule has 0 bridgehead atoms. The van der Waals surface area contributed by atoms with Crippen molar-refractivity contribution < 1.29 is 14.0 Å². The molecular formula is C26H25N3O3S. The summed E-state index contributed by atoms with van der Waals surface area (Å²) in [5.74, 6) is 0.0785. The van der Waals surface area contributed by atoms with Gasteiger partial charge in [0.05, 0.1) is 6.54 Å². The van der Waals surface area contributed by atoms with E-state index in [4.69, 9.17) is 4.42 Å². The molecule has 4 aromatic rings. The number of para-hydroxylation sites is 2. The first kappa shape index (κ1) is 22.6. The molecule has 3 aromatic carbocycles. The Balaban J connectivity index is 1.42. The number of aromatic nitrogens is 1. The number of hydrogen-bond acceptors (Lipinski definition) is 5. The minimum absolute atomic E-state index is 0.0428. The summed E-state index contributed by atoms with van der Waals surface area (Å²) in [5.41, 5.74) is 5.83. The predicted octanol–water partition coefficient (Wildman–Crippen LogP) is 5.45. The van der Waals surface area contributed by atoms with Gasteiger partial charge in [-0.1, -0.05) is 54.2 Å². The molecular weight excluding hydrogens is 434 g/mol. The van der Waals surface area contributed by atoms with Crippen molar-refractivity contribution in [1.82, 2.24) is 9.88 Å². The zero-order valence-electron chi connectivity index (χ0n) is 18.8. The number of carbonyl (C=O) groups excluding carboxylic acids is 2. The molecule has 0 aliphatic rings. The van der Waals surface area contributed by atoms with Gasteiger partial charge < -0.3 is 14.6 Å². The molecule has 6 nitrogen and oxygen atoms in total. The number of likely N-dealkylation sites (N-methyl/N-ethyl adjacent to an activating group) is 1. The SMILES string of the molecule is Cc1cccc(NC(=O)CN(C)C(=O)c2ccccc2CSc2nc3ccccc3o2)c1C. The molecule has 7 heteroatoms. The summed E-state index contributed by atoms with van der Waals surface area (Å²) in [4.78, 5) is 31.6. The molecule has 2 amide bonds. The average molecular weight is 460 g/mol. The number of aryl methyl sites for hydroxylation is 1. The van der Waals surface area contributed by atoms with Crippen LogP contribution in [0.2, 0.25) is 0 Å². The molecule has 33 heavy (non-hydrogen) atoms. The van der Waals surface area contributed by atoms with Gasteiger partial charge in [0.2, 0.25) is 5.91 Å². The lowest BCUT2D eigenvalue weighted by Gasteiger charge is -2.19. The lowest BCUT2D eigenvalue weighted by atomic mass is 10.1. The fraction of sp³-hybridized carbons (Fsp3) is 0.192. The van der Waals surface area contributed by atoms with E-state index in [1.54, 1.807) is 13.1 Å². The molecule has 0 fully saturated rings. The fourth-order valence-electron chi connectivity index (χ4n) is 3.48. The zero-order chi connectivity index (χ0) is 23.4. The van der Waals surface area contributed by atoms with Gasteiger partial charge in [-0.2, -0.15) is 0 Å². The Kier molecular flexibility index (Phi) is 6.79. The number of oxazole rings is 1. The second kappa shape index (κ2) is 9.92. The topological polar surface area (TPSA) is 75.4 Å². The van der Waals surface area contributed by atoms with Crippen molar-refractivity contribution in [3.05, 3.63) is 89.0 Å². The van der Waals surface area contributed by atoms with Gasteiger partial charge in [0, 0.05) is 24.1 Å². The Labute approximate surface area is 197 Å². The monoisotopic (exact) mass is 459 g/mol. The maximum atomic E-state index is 13.1. The summed E-state index contributed by atoms with van der Waals surface area (Å²) < 4.78 is 5.77. The molecule has 1 heterocycles. The van der Waals surface area contributed by atoms with Crippen LogP contribution in [0, 0.1) is 13.8 Å². The summed E-state index contributed by atoms with van der Waals surface area (Å²) in [6.45, 7) is 3.92. The second-order valence-corrected chi connectivity index (χ2v) is 8.78. The van der Waals surface area contributed by atoms with Crippen molar-refractivity contribution in [3.63, 3.8) is 0 Å². The van der Waals surface area contributed by atoms with Crippen molar-refractivity contribution in [2.75, 3.05) is 18.9 Å². The van der Waals surface area contributed by atoms with E-state index in [0.29, 0.717) is 16.5 Å². The largest absolute Gasteiger partial charge is 0.431 e. The van der Waals surface area contributed by atoms with Crippen LogP contribution in [0.15, 0.2) is 76.4 Å². The number of carbonyl (C=O) groups is 2. The normalized spacial score (nSPS) is 10.9. The number of amides is 2. The number of nitrogens with one attached hydrogen (secondary N) is 1. The third-order valence-electron chi connectivity index (χ3n) is 5.48. The Bertz CT molecular complexity index is 1280. The van der Waals surface area contributed by atoms with E-state index in [1.165, 1.54) is 16.7 Å². The fourth-order valence-corrected chi connectivity index (χ4v) is 4.32. The molecule has 0 spiro atoms. The summed E-state index contributed by atoms with van der Waals surface area (Å²) in [6.07, 6.45) is 0. The number of nitrogens with zero attached hydrogens (tertiary/aromatic N) is 2. The van der Waals surface area contributed by atoms with Crippen molar-refractivity contribution >= 4 is 40.4 Å². The standard InChI is InChI=1S/C26H25N3O3S/c1-17-9-8-13-21(18(17)2)27-24(30)15-29(3)25(31)20-11-5-4-10-19(20)16-33-26-28-22-12-6-7-14-23(22)32-26/h4-14H,15-16H2,1-3H3,(H,27,30). The van der Waals surface area contributed by atoms with Gasteiger partial charge in [-0.15, -0.1) is 0 Å². The van der Waals surface area contributed by atoms with Crippen molar-refractivity contribution in [2.24, 2.45) is 0 Å². The maximum Gasteiger partial charge on any atom is 0.257 e. The first-order valence-corrected chi connectivity index (χ1v) is 11.6. The number of benzene rings is 3. The summed E-state index contributed by atoms with van der Waals surface area (Å²) in [6, 6.07) is 20.8. The van der Waals surface area contributed by atoms with Crippen LogP contribution in [0.1, 0.15) is 27.0 Å². The van der Waals surface area contributed by atoms with Gasteiger partial charge in [-0.3, -0.25) is 9.59 Å². The Hall–Kier alpha value is -3.58. The number of anilines is 1. The van der Waals surface area contributed by atoms with E-state index in [0.717, 1.165) is 33.5 Å². The summed E-state index contributed by atoms with van der Waals surface area (Å²) in [5, 5.41) is 3.46. The first-order valence-electron chi connectivity index (χ1n) is 10.6. The number of rotatable bonds is 7. The zero-order valence-corrected chi connectivity index (χ0v) is 19.6. The Morgan fingerprint density at radius 3 is 2.58 bits per heavy atom. The molecule has 0 radical (unpaired) electrons. The van der Waals surface area contributed by atoms with E-state index < -0.39 is 0 Å². The average Bonchev–Trinajstić information content (AvgIpc) is 3.23. The Morgan fingerprint density at radius 2 is 1.76 bits per heavy atom. The highest BCUT2D eigenvalue weighted by Gasteiger charge is 2.19. The molecule has 168 valence electrons. The molecule has 0 unspecified atom stereocenters. The van der Waals surface area contributed by atoms with Crippen LogP contribution in [0.5, 0.6) is 0 Å². The highest BCUT2D eigenvalue weighted by atomic mass is 32.2. The number of fused-ring (bicyclic) bond motifs is 1.